The topological polar surface area (TPSA) is 99.2 Å². The molecule has 0 saturated heterocycles. The summed E-state index contributed by atoms with van der Waals surface area (Å²) in [5.74, 6) is 0. The quantitative estimate of drug-likeness (QED) is 0.611. The van der Waals surface area contributed by atoms with E-state index in [2.05, 4.69) is 5.32 Å². The van der Waals surface area contributed by atoms with E-state index in [9.17, 15) is 15.2 Å². The number of nitro benzene ring substituents is 1. The van der Waals surface area contributed by atoms with Gasteiger partial charge in [-0.2, -0.15) is 17.0 Å². The zero-order valence-corrected chi connectivity index (χ0v) is 11.5. The number of hydrogen-bond donors (Lipinski definition) is 2. The van der Waals surface area contributed by atoms with E-state index in [4.69, 9.17) is 5.26 Å². The van der Waals surface area contributed by atoms with Crippen molar-refractivity contribution >= 4 is 23.1 Å². The van der Waals surface area contributed by atoms with Gasteiger partial charge in [0.25, 0.3) is 5.69 Å². The van der Waals surface area contributed by atoms with Crippen molar-refractivity contribution in [1.29, 1.82) is 5.26 Å². The molecule has 2 atom stereocenters. The van der Waals surface area contributed by atoms with E-state index in [1.54, 1.807) is 0 Å². The Bertz CT molecular complexity index is 497. The second kappa shape index (κ2) is 6.97. The molecule has 0 aromatic heterocycles. The SMILES string of the molecule is CS[C@H](CO)[C@H](C)Nc1ccc(C#N)cc1[N+](=O)[O-]. The Balaban J connectivity index is 3.01. The first-order valence-electron chi connectivity index (χ1n) is 5.62. The number of benzene rings is 1. The number of nitro groups is 1. The normalized spacial score (nSPS) is 13.4. The van der Waals surface area contributed by atoms with Crippen molar-refractivity contribution in [3.63, 3.8) is 0 Å². The predicted molar refractivity (Wildman–Crippen MR) is 75.3 cm³/mol. The van der Waals surface area contributed by atoms with Crippen molar-refractivity contribution in [3.8, 4) is 6.07 Å². The summed E-state index contributed by atoms with van der Waals surface area (Å²) in [5.41, 5.74) is 0.459. The largest absolute Gasteiger partial charge is 0.395 e. The maximum atomic E-state index is 11.0. The minimum atomic E-state index is -0.525. The minimum absolute atomic E-state index is 0.0145. The van der Waals surface area contributed by atoms with Crippen molar-refractivity contribution < 1.29 is 10.0 Å². The van der Waals surface area contributed by atoms with Crippen LogP contribution in [0.5, 0.6) is 0 Å². The highest BCUT2D eigenvalue weighted by atomic mass is 32.2. The van der Waals surface area contributed by atoms with Gasteiger partial charge >= 0.3 is 0 Å². The number of aliphatic hydroxyl groups excluding tert-OH is 1. The summed E-state index contributed by atoms with van der Waals surface area (Å²) in [7, 11) is 0. The van der Waals surface area contributed by atoms with Crippen molar-refractivity contribution in [2.45, 2.75) is 18.2 Å². The zero-order chi connectivity index (χ0) is 14.4. The van der Waals surface area contributed by atoms with Crippen LogP contribution in [0.4, 0.5) is 11.4 Å². The van der Waals surface area contributed by atoms with Crippen LogP contribution in [0.2, 0.25) is 0 Å². The average Bonchev–Trinajstić information content (AvgIpc) is 2.40. The van der Waals surface area contributed by atoms with Crippen LogP contribution in [0, 0.1) is 21.4 Å². The molecule has 0 aliphatic rings. The number of aliphatic hydroxyl groups is 1. The van der Waals surface area contributed by atoms with E-state index in [-0.39, 0.29) is 29.1 Å². The van der Waals surface area contributed by atoms with Crippen molar-refractivity contribution in [2.24, 2.45) is 0 Å². The molecule has 0 heterocycles. The van der Waals surface area contributed by atoms with Gasteiger partial charge in [-0.25, -0.2) is 0 Å². The molecule has 0 aliphatic heterocycles. The molecule has 2 N–H and O–H groups in total. The molecular formula is C12H15N3O3S. The molecule has 0 fully saturated rings. The number of thioether (sulfide) groups is 1. The second-order valence-corrected chi connectivity index (χ2v) is 5.07. The van der Waals surface area contributed by atoms with Crippen LogP contribution in [0.3, 0.4) is 0 Å². The molecule has 7 heteroatoms. The van der Waals surface area contributed by atoms with Gasteiger partial charge in [-0.15, -0.1) is 0 Å². The van der Waals surface area contributed by atoms with E-state index in [0.717, 1.165) is 0 Å². The number of nitrogens with zero attached hydrogens (tertiary/aromatic N) is 2. The Hall–Kier alpha value is -1.78. The summed E-state index contributed by atoms with van der Waals surface area (Å²) in [6.07, 6.45) is 1.87. The Morgan fingerprint density at radius 3 is 2.79 bits per heavy atom. The van der Waals surface area contributed by atoms with Crippen LogP contribution < -0.4 is 5.32 Å². The first kappa shape index (κ1) is 15.3. The Labute approximate surface area is 115 Å². The standard InChI is InChI=1S/C12H15N3O3S/c1-8(12(7-16)19-2)14-10-4-3-9(6-13)5-11(10)15(17)18/h3-5,8,12,14,16H,7H2,1-2H3/t8-,12+/m0/s1. The summed E-state index contributed by atoms with van der Waals surface area (Å²) in [5, 5.41) is 31.9. The minimum Gasteiger partial charge on any atom is -0.395 e. The van der Waals surface area contributed by atoms with Gasteiger partial charge < -0.3 is 10.4 Å². The maximum Gasteiger partial charge on any atom is 0.293 e. The zero-order valence-electron chi connectivity index (χ0n) is 10.7. The molecule has 0 bridgehead atoms. The average molecular weight is 281 g/mol. The van der Waals surface area contributed by atoms with Crippen molar-refractivity contribution in [2.75, 3.05) is 18.2 Å². The van der Waals surface area contributed by atoms with E-state index < -0.39 is 4.92 Å². The lowest BCUT2D eigenvalue weighted by Crippen LogP contribution is -2.31. The van der Waals surface area contributed by atoms with Gasteiger partial charge in [0.15, 0.2) is 0 Å². The third-order valence-corrected chi connectivity index (χ3v) is 3.91. The van der Waals surface area contributed by atoms with Crippen LogP contribution in [0.25, 0.3) is 0 Å². The summed E-state index contributed by atoms with van der Waals surface area (Å²) < 4.78 is 0. The third-order valence-electron chi connectivity index (χ3n) is 2.75. The molecule has 0 saturated carbocycles. The first-order valence-corrected chi connectivity index (χ1v) is 6.91. The van der Waals surface area contributed by atoms with Gasteiger partial charge in [0, 0.05) is 17.4 Å². The molecule has 102 valence electrons. The number of rotatable bonds is 6. The van der Waals surface area contributed by atoms with E-state index in [0.29, 0.717) is 5.69 Å². The van der Waals surface area contributed by atoms with Gasteiger partial charge in [-0.05, 0) is 25.3 Å². The van der Waals surface area contributed by atoms with Gasteiger partial charge in [-0.3, -0.25) is 10.1 Å². The highest BCUT2D eigenvalue weighted by molar-refractivity contribution is 7.99. The molecule has 1 aromatic rings. The maximum absolute atomic E-state index is 11.0. The van der Waals surface area contributed by atoms with Crippen LogP contribution in [-0.4, -0.2) is 34.2 Å². The fourth-order valence-corrected chi connectivity index (χ4v) is 2.27. The lowest BCUT2D eigenvalue weighted by atomic mass is 10.1. The van der Waals surface area contributed by atoms with Crippen LogP contribution in [0.1, 0.15) is 12.5 Å². The molecule has 0 spiro atoms. The van der Waals surface area contributed by atoms with Gasteiger partial charge in [0.1, 0.15) is 5.69 Å². The van der Waals surface area contributed by atoms with E-state index >= 15 is 0 Å². The lowest BCUT2D eigenvalue weighted by molar-refractivity contribution is -0.384. The molecule has 0 amide bonds. The molecule has 0 aliphatic carbocycles. The number of nitriles is 1. The summed E-state index contributed by atoms with van der Waals surface area (Å²) >= 11 is 1.48. The van der Waals surface area contributed by atoms with Crippen LogP contribution in [0.15, 0.2) is 18.2 Å². The van der Waals surface area contributed by atoms with Crippen LogP contribution >= 0.6 is 11.8 Å². The number of nitrogens with one attached hydrogen (secondary N) is 1. The second-order valence-electron chi connectivity index (χ2n) is 3.99. The smallest absolute Gasteiger partial charge is 0.293 e. The molecule has 1 rings (SSSR count). The number of hydrogen-bond acceptors (Lipinski definition) is 6. The van der Waals surface area contributed by atoms with Gasteiger partial charge in [0.2, 0.25) is 0 Å². The lowest BCUT2D eigenvalue weighted by Gasteiger charge is -2.22. The first-order chi connectivity index (χ1) is 9.03. The summed E-state index contributed by atoms with van der Waals surface area (Å²) in [6.45, 7) is 1.83. The fraction of sp³-hybridized carbons (Fsp3) is 0.417. The monoisotopic (exact) mass is 281 g/mol. The van der Waals surface area contributed by atoms with Gasteiger partial charge in [0.05, 0.1) is 23.2 Å². The molecule has 1 aromatic carbocycles. The highest BCUT2D eigenvalue weighted by Crippen LogP contribution is 2.27. The number of anilines is 1. The fourth-order valence-electron chi connectivity index (χ4n) is 1.65. The molecule has 19 heavy (non-hydrogen) atoms. The van der Waals surface area contributed by atoms with Crippen molar-refractivity contribution in [1.82, 2.24) is 0 Å². The third kappa shape index (κ3) is 3.84. The van der Waals surface area contributed by atoms with E-state index in [1.165, 1.54) is 30.0 Å². The predicted octanol–water partition coefficient (Wildman–Crippen LogP) is 1.99. The van der Waals surface area contributed by atoms with Crippen LogP contribution in [-0.2, 0) is 0 Å². The summed E-state index contributed by atoms with van der Waals surface area (Å²) in [6, 6.07) is 6.02. The van der Waals surface area contributed by atoms with E-state index in [1.807, 2.05) is 19.2 Å². The summed E-state index contributed by atoms with van der Waals surface area (Å²) in [4.78, 5) is 10.5. The van der Waals surface area contributed by atoms with Crippen molar-refractivity contribution in [3.05, 3.63) is 33.9 Å². The molecule has 6 nitrogen and oxygen atoms in total. The molecule has 0 unspecified atom stereocenters. The molecule has 0 radical (unpaired) electrons. The Kier molecular flexibility index (Phi) is 5.60. The highest BCUT2D eigenvalue weighted by Gasteiger charge is 2.20. The van der Waals surface area contributed by atoms with Gasteiger partial charge in [-0.1, -0.05) is 0 Å². The molecular weight excluding hydrogens is 266 g/mol. The Morgan fingerprint density at radius 2 is 2.32 bits per heavy atom. The Morgan fingerprint density at radius 1 is 1.63 bits per heavy atom.